The summed E-state index contributed by atoms with van der Waals surface area (Å²) in [5.74, 6) is -0.0637. The summed E-state index contributed by atoms with van der Waals surface area (Å²) in [4.78, 5) is 25.2. The quantitative estimate of drug-likeness (QED) is 0.566. The summed E-state index contributed by atoms with van der Waals surface area (Å²) in [6, 6.07) is 16.7. The lowest BCUT2D eigenvalue weighted by molar-refractivity contribution is -0.119. The summed E-state index contributed by atoms with van der Waals surface area (Å²) >= 11 is 9.40. The lowest BCUT2D eigenvalue weighted by atomic mass is 10.1. The molecule has 0 N–H and O–H groups in total. The van der Waals surface area contributed by atoms with Gasteiger partial charge in [-0.15, -0.1) is 0 Å². The predicted octanol–water partition coefficient (Wildman–Crippen LogP) is 4.37. The number of hydrogen-bond donors (Lipinski definition) is 0. The first kappa shape index (κ1) is 19.5. The minimum Gasteiger partial charge on any atom is -0.297 e. The maximum atomic E-state index is 12.8. The lowest BCUT2D eigenvalue weighted by Gasteiger charge is -2.09. The zero-order chi connectivity index (χ0) is 19.4. The van der Waals surface area contributed by atoms with Gasteiger partial charge < -0.3 is 0 Å². The molecule has 4 nitrogen and oxygen atoms in total. The van der Waals surface area contributed by atoms with Crippen molar-refractivity contribution in [1.29, 1.82) is 0 Å². The fourth-order valence-electron chi connectivity index (χ4n) is 2.90. The summed E-state index contributed by atoms with van der Waals surface area (Å²) in [7, 11) is 0. The number of carbonyl (C=O) groups is 1. The molecule has 6 heteroatoms. The van der Waals surface area contributed by atoms with Gasteiger partial charge in [0.2, 0.25) is 0 Å². The van der Waals surface area contributed by atoms with E-state index in [0.717, 1.165) is 15.6 Å². The largest absolute Gasteiger partial charge is 0.297 e. The third-order valence-electron chi connectivity index (χ3n) is 4.09. The molecule has 27 heavy (non-hydrogen) atoms. The molecule has 0 aliphatic rings. The number of Topliss-reactive ketones (excluding diaryl/α,β-unsaturated/α-hetero) is 1. The highest BCUT2D eigenvalue weighted by Crippen LogP contribution is 2.14. The Kier molecular flexibility index (Phi) is 6.24. The van der Waals surface area contributed by atoms with Crippen LogP contribution in [-0.2, 0) is 24.2 Å². The molecule has 1 aromatic heterocycles. The second-order valence-electron chi connectivity index (χ2n) is 6.42. The Bertz CT molecular complexity index is 1030. The molecule has 0 amide bonds. The number of aromatic nitrogens is 2. The van der Waals surface area contributed by atoms with Crippen LogP contribution in [0.5, 0.6) is 0 Å². The number of hydrogen-bond acceptors (Lipinski definition) is 3. The minimum atomic E-state index is -0.246. The molecule has 0 atom stereocenters. The van der Waals surface area contributed by atoms with Crippen LogP contribution in [-0.4, -0.2) is 15.6 Å². The molecule has 0 radical (unpaired) electrons. The van der Waals surface area contributed by atoms with Gasteiger partial charge in [-0.3, -0.25) is 9.59 Å². The Labute approximate surface area is 170 Å². The van der Waals surface area contributed by atoms with Crippen molar-refractivity contribution in [2.45, 2.75) is 26.3 Å². The lowest BCUT2D eigenvalue weighted by Crippen LogP contribution is -2.30. The van der Waals surface area contributed by atoms with Crippen LogP contribution in [0.4, 0.5) is 0 Å². The third kappa shape index (κ3) is 5.37. The van der Waals surface area contributed by atoms with Crippen molar-refractivity contribution < 1.29 is 4.79 Å². The first-order valence-corrected chi connectivity index (χ1v) is 9.66. The molecule has 3 rings (SSSR count). The summed E-state index contributed by atoms with van der Waals surface area (Å²) in [5.41, 5.74) is 2.90. The Morgan fingerprint density at radius 3 is 2.56 bits per heavy atom. The molecule has 138 valence electrons. The van der Waals surface area contributed by atoms with E-state index in [1.54, 1.807) is 12.1 Å². The van der Waals surface area contributed by atoms with Crippen molar-refractivity contribution in [2.24, 2.45) is 0 Å². The standard InChI is InChI=1S/C21H18BrClN2O2/c1-14-9-17(10-16-3-2-4-19(23)11-16)21(27)25(24-14)13-20(26)12-15-5-7-18(22)8-6-15/h2-9,11H,10,12-13H2,1H3. The number of carbonyl (C=O) groups excluding carboxylic acids is 1. The van der Waals surface area contributed by atoms with Gasteiger partial charge in [-0.25, -0.2) is 4.68 Å². The van der Waals surface area contributed by atoms with Crippen LogP contribution in [0.2, 0.25) is 5.02 Å². The summed E-state index contributed by atoms with van der Waals surface area (Å²) in [6.45, 7) is 1.77. The molecule has 0 spiro atoms. The number of halogens is 2. The fourth-order valence-corrected chi connectivity index (χ4v) is 3.38. The van der Waals surface area contributed by atoms with Gasteiger partial charge in [0.15, 0.2) is 5.78 Å². The number of ketones is 1. The highest BCUT2D eigenvalue weighted by atomic mass is 79.9. The van der Waals surface area contributed by atoms with Crippen LogP contribution >= 0.6 is 27.5 Å². The van der Waals surface area contributed by atoms with Crippen LogP contribution in [0.3, 0.4) is 0 Å². The van der Waals surface area contributed by atoms with Crippen LogP contribution < -0.4 is 5.56 Å². The van der Waals surface area contributed by atoms with Crippen molar-refractivity contribution in [3.05, 3.63) is 96.8 Å². The van der Waals surface area contributed by atoms with Gasteiger partial charge in [0.1, 0.15) is 6.54 Å². The van der Waals surface area contributed by atoms with Gasteiger partial charge in [0.05, 0.1) is 5.69 Å². The molecule has 1 heterocycles. The van der Waals surface area contributed by atoms with Crippen molar-refractivity contribution in [3.8, 4) is 0 Å². The summed E-state index contributed by atoms with van der Waals surface area (Å²) in [5, 5.41) is 4.87. The van der Waals surface area contributed by atoms with Gasteiger partial charge in [-0.1, -0.05) is 51.8 Å². The molecular weight excluding hydrogens is 428 g/mol. The number of nitrogens with zero attached hydrogens (tertiary/aromatic N) is 2. The van der Waals surface area contributed by atoms with E-state index in [4.69, 9.17) is 11.6 Å². The van der Waals surface area contributed by atoms with E-state index in [0.29, 0.717) is 22.7 Å². The topological polar surface area (TPSA) is 52.0 Å². The highest BCUT2D eigenvalue weighted by molar-refractivity contribution is 9.10. The van der Waals surface area contributed by atoms with Crippen molar-refractivity contribution >= 4 is 33.3 Å². The second-order valence-corrected chi connectivity index (χ2v) is 7.77. The normalized spacial score (nSPS) is 10.8. The van der Waals surface area contributed by atoms with Crippen LogP contribution in [0, 0.1) is 6.92 Å². The Morgan fingerprint density at radius 2 is 1.85 bits per heavy atom. The Balaban J connectivity index is 1.79. The monoisotopic (exact) mass is 444 g/mol. The van der Waals surface area contributed by atoms with E-state index < -0.39 is 0 Å². The highest BCUT2D eigenvalue weighted by Gasteiger charge is 2.12. The van der Waals surface area contributed by atoms with Gasteiger partial charge >= 0.3 is 0 Å². The smallest absolute Gasteiger partial charge is 0.270 e. The first-order valence-electron chi connectivity index (χ1n) is 8.49. The molecule has 0 fully saturated rings. The van der Waals surface area contributed by atoms with Crippen LogP contribution in [0.15, 0.2) is 63.9 Å². The maximum absolute atomic E-state index is 12.8. The molecule has 2 aromatic carbocycles. The van der Waals surface area contributed by atoms with Gasteiger partial charge in [-0.05, 0) is 48.4 Å². The SMILES string of the molecule is Cc1cc(Cc2cccc(Cl)c2)c(=O)n(CC(=O)Cc2ccc(Br)cc2)n1. The third-order valence-corrected chi connectivity index (χ3v) is 4.86. The number of aryl methyl sites for hydroxylation is 1. The minimum absolute atomic E-state index is 0.0425. The van der Waals surface area contributed by atoms with Gasteiger partial charge in [-0.2, -0.15) is 5.10 Å². The zero-order valence-electron chi connectivity index (χ0n) is 14.8. The summed E-state index contributed by atoms with van der Waals surface area (Å²) in [6.07, 6.45) is 0.711. The van der Waals surface area contributed by atoms with Crippen molar-refractivity contribution in [1.82, 2.24) is 9.78 Å². The Morgan fingerprint density at radius 1 is 1.11 bits per heavy atom. The molecule has 0 bridgehead atoms. The maximum Gasteiger partial charge on any atom is 0.270 e. The van der Waals surface area contributed by atoms with E-state index in [1.165, 1.54) is 4.68 Å². The van der Waals surface area contributed by atoms with Gasteiger partial charge in [0.25, 0.3) is 5.56 Å². The number of benzene rings is 2. The van der Waals surface area contributed by atoms with E-state index in [1.807, 2.05) is 49.4 Å². The molecule has 3 aromatic rings. The number of rotatable bonds is 6. The average Bonchev–Trinajstić information content (AvgIpc) is 2.61. The molecular formula is C21H18BrClN2O2. The van der Waals surface area contributed by atoms with Crippen molar-refractivity contribution in [2.75, 3.05) is 0 Å². The molecule has 0 aliphatic heterocycles. The molecule has 0 unspecified atom stereocenters. The van der Waals surface area contributed by atoms with E-state index >= 15 is 0 Å². The summed E-state index contributed by atoms with van der Waals surface area (Å²) < 4.78 is 2.22. The van der Waals surface area contributed by atoms with Crippen molar-refractivity contribution in [3.63, 3.8) is 0 Å². The van der Waals surface area contributed by atoms with E-state index in [-0.39, 0.29) is 24.3 Å². The molecule has 0 aliphatic carbocycles. The fraction of sp³-hybridized carbons (Fsp3) is 0.190. The molecule has 0 saturated carbocycles. The second kappa shape index (κ2) is 8.63. The predicted molar refractivity (Wildman–Crippen MR) is 110 cm³/mol. The first-order chi connectivity index (χ1) is 12.9. The van der Waals surface area contributed by atoms with E-state index in [9.17, 15) is 9.59 Å². The van der Waals surface area contributed by atoms with Crippen LogP contribution in [0.25, 0.3) is 0 Å². The Hall–Kier alpha value is -2.24. The van der Waals surface area contributed by atoms with Crippen LogP contribution in [0.1, 0.15) is 22.4 Å². The zero-order valence-corrected chi connectivity index (χ0v) is 17.1. The van der Waals surface area contributed by atoms with Gasteiger partial charge in [0, 0.05) is 27.9 Å². The molecule has 0 saturated heterocycles. The van der Waals surface area contributed by atoms with E-state index in [2.05, 4.69) is 21.0 Å². The average molecular weight is 446 g/mol.